The van der Waals surface area contributed by atoms with E-state index in [-0.39, 0.29) is 41.3 Å². The van der Waals surface area contributed by atoms with Crippen LogP contribution in [-0.2, 0) is 16.3 Å². The maximum atomic E-state index is 13.6. The van der Waals surface area contributed by atoms with E-state index in [1.807, 2.05) is 4.90 Å². The van der Waals surface area contributed by atoms with E-state index < -0.39 is 27.6 Å². The Kier molecular flexibility index (Phi) is 7.45. The summed E-state index contributed by atoms with van der Waals surface area (Å²) in [5.41, 5.74) is 0.883. The number of hydrogen-bond donors (Lipinski definition) is 1. The van der Waals surface area contributed by atoms with Crippen molar-refractivity contribution in [1.29, 1.82) is 0 Å². The lowest BCUT2D eigenvalue weighted by molar-refractivity contribution is 0.199. The van der Waals surface area contributed by atoms with Crippen LogP contribution in [0.3, 0.4) is 0 Å². The number of carbonyl (C=O) groups is 1. The van der Waals surface area contributed by atoms with Gasteiger partial charge < -0.3 is 5.11 Å². The first-order valence-corrected chi connectivity index (χ1v) is 13.0. The highest BCUT2D eigenvalue weighted by Gasteiger charge is 2.23. The summed E-state index contributed by atoms with van der Waals surface area (Å²) >= 11 is 0. The third kappa shape index (κ3) is 6.32. The van der Waals surface area contributed by atoms with Gasteiger partial charge in [-0.2, -0.15) is 5.10 Å². The van der Waals surface area contributed by atoms with Crippen LogP contribution in [0.25, 0.3) is 5.69 Å². The summed E-state index contributed by atoms with van der Waals surface area (Å²) in [6, 6.07) is 10.8. The molecule has 4 rings (SSSR count). The molecule has 36 heavy (non-hydrogen) atoms. The highest BCUT2D eigenvalue weighted by atomic mass is 32.2. The molecule has 2 heterocycles. The molecular weight excluding hydrogens is 494 g/mol. The summed E-state index contributed by atoms with van der Waals surface area (Å²) in [5, 5.41) is 14.0. The summed E-state index contributed by atoms with van der Waals surface area (Å²) in [6.07, 6.45) is 0.224. The second kappa shape index (κ2) is 10.5. The smallest absolute Gasteiger partial charge is 0.411 e. The van der Waals surface area contributed by atoms with Gasteiger partial charge in [0.25, 0.3) is 0 Å². The van der Waals surface area contributed by atoms with Crippen molar-refractivity contribution in [2.24, 2.45) is 0 Å². The number of nitrogens with zero attached hydrogens (tertiary/aromatic N) is 4. The molecule has 0 atom stereocenters. The van der Waals surface area contributed by atoms with Crippen LogP contribution in [0.15, 0.2) is 59.5 Å². The fourth-order valence-electron chi connectivity index (χ4n) is 3.96. The van der Waals surface area contributed by atoms with E-state index in [0.717, 1.165) is 18.2 Å². The Balaban J connectivity index is 1.51. The second-order valence-corrected chi connectivity index (χ2v) is 10.8. The van der Waals surface area contributed by atoms with Gasteiger partial charge in [-0.1, -0.05) is 12.1 Å². The van der Waals surface area contributed by atoms with Gasteiger partial charge >= 0.3 is 6.09 Å². The molecule has 1 saturated heterocycles. The first-order valence-electron chi connectivity index (χ1n) is 11.2. The minimum atomic E-state index is -3.03. The number of sulfone groups is 1. The van der Waals surface area contributed by atoms with Crippen LogP contribution in [0, 0.1) is 11.6 Å². The Labute approximate surface area is 206 Å². The average Bonchev–Trinajstić information content (AvgIpc) is 2.81. The highest BCUT2D eigenvalue weighted by molar-refractivity contribution is 7.91. The molecule has 1 N–H and O–H groups in total. The third-order valence-electron chi connectivity index (χ3n) is 5.89. The second-order valence-electron chi connectivity index (χ2n) is 8.47. The third-order valence-corrected chi connectivity index (χ3v) is 7.50. The lowest BCUT2D eigenvalue weighted by Crippen LogP contribution is -2.45. The summed E-state index contributed by atoms with van der Waals surface area (Å²) < 4.78 is 51.7. The quantitative estimate of drug-likeness (QED) is 0.511. The fourth-order valence-corrected chi connectivity index (χ4v) is 5.24. The van der Waals surface area contributed by atoms with Crippen molar-refractivity contribution < 1.29 is 27.1 Å². The van der Waals surface area contributed by atoms with E-state index in [2.05, 4.69) is 5.10 Å². The van der Waals surface area contributed by atoms with Gasteiger partial charge in [0, 0.05) is 56.6 Å². The molecule has 12 heteroatoms. The lowest BCUT2D eigenvalue weighted by Gasteiger charge is -2.29. The zero-order valence-electron chi connectivity index (χ0n) is 19.2. The molecule has 0 aliphatic carbocycles. The van der Waals surface area contributed by atoms with Gasteiger partial charge in [0.05, 0.1) is 17.2 Å². The van der Waals surface area contributed by atoms with Crippen molar-refractivity contribution in [2.45, 2.75) is 6.42 Å². The molecule has 1 aliphatic rings. The van der Waals surface area contributed by atoms with Crippen molar-refractivity contribution in [3.8, 4) is 5.69 Å². The van der Waals surface area contributed by atoms with Gasteiger partial charge in [-0.05, 0) is 29.8 Å². The van der Waals surface area contributed by atoms with E-state index in [0.29, 0.717) is 30.9 Å². The summed E-state index contributed by atoms with van der Waals surface area (Å²) in [7, 11) is -3.03. The molecule has 2 aromatic carbocycles. The van der Waals surface area contributed by atoms with Gasteiger partial charge in [0.15, 0.2) is 9.84 Å². The monoisotopic (exact) mass is 518 g/mol. The van der Waals surface area contributed by atoms with Crippen molar-refractivity contribution in [1.82, 2.24) is 14.7 Å². The van der Waals surface area contributed by atoms with E-state index in [9.17, 15) is 31.9 Å². The molecule has 0 radical (unpaired) electrons. The largest absolute Gasteiger partial charge is 0.465 e. The van der Waals surface area contributed by atoms with Crippen LogP contribution < -0.4 is 10.3 Å². The van der Waals surface area contributed by atoms with Crippen LogP contribution in [-0.4, -0.2) is 72.0 Å². The van der Waals surface area contributed by atoms with Crippen LogP contribution >= 0.6 is 0 Å². The number of carboxylic acid groups (broad SMARTS) is 1. The molecule has 1 aromatic heterocycles. The predicted octanol–water partition coefficient (Wildman–Crippen LogP) is 2.32. The van der Waals surface area contributed by atoms with Crippen molar-refractivity contribution in [2.75, 3.05) is 42.6 Å². The van der Waals surface area contributed by atoms with Gasteiger partial charge in [0.2, 0.25) is 5.43 Å². The molecule has 0 spiro atoms. The van der Waals surface area contributed by atoms with Crippen LogP contribution in [0.1, 0.15) is 11.3 Å². The Morgan fingerprint density at radius 2 is 1.75 bits per heavy atom. The normalized spacial score (nSPS) is 15.5. The van der Waals surface area contributed by atoms with Gasteiger partial charge in [-0.25, -0.2) is 26.7 Å². The number of halogens is 2. The first-order chi connectivity index (χ1) is 17.1. The molecule has 1 fully saturated rings. The zero-order valence-corrected chi connectivity index (χ0v) is 20.0. The number of benzene rings is 2. The number of rotatable bonds is 7. The standard InChI is InChI=1S/C24H24F2N4O5S/c25-18-14-19(26)16-21(15-18)30-5-4-23(31)22(27-30)13-17-2-1-3-20(12-17)29(24(32)33)7-6-28-8-10-36(34,35)11-9-28/h1-5,12,14-16H,6-11,13H2,(H,32,33). The Bertz CT molecular complexity index is 1410. The highest BCUT2D eigenvalue weighted by Crippen LogP contribution is 2.19. The molecule has 1 amide bonds. The average molecular weight is 519 g/mol. The summed E-state index contributed by atoms with van der Waals surface area (Å²) in [6.45, 7) is 1.23. The molecule has 1 aliphatic heterocycles. The minimum Gasteiger partial charge on any atom is -0.465 e. The zero-order chi connectivity index (χ0) is 25.9. The van der Waals surface area contributed by atoms with Crippen LogP contribution in [0.5, 0.6) is 0 Å². The number of anilines is 1. The summed E-state index contributed by atoms with van der Waals surface area (Å²) in [5.74, 6) is -1.45. The van der Waals surface area contributed by atoms with Crippen molar-refractivity contribution in [3.63, 3.8) is 0 Å². The van der Waals surface area contributed by atoms with E-state index in [4.69, 9.17) is 0 Å². The van der Waals surface area contributed by atoms with E-state index in [1.54, 1.807) is 24.3 Å². The molecular formula is C24H24F2N4O5S. The minimum absolute atomic E-state index is 0.0550. The SMILES string of the molecule is O=C(O)N(CCN1CCS(=O)(=O)CC1)c1cccc(Cc2nn(-c3cc(F)cc(F)c3)ccc2=O)c1. The topological polar surface area (TPSA) is 113 Å². The lowest BCUT2D eigenvalue weighted by atomic mass is 10.1. The van der Waals surface area contributed by atoms with Crippen molar-refractivity contribution >= 4 is 21.6 Å². The first kappa shape index (κ1) is 25.5. The van der Waals surface area contributed by atoms with Crippen molar-refractivity contribution in [3.05, 3.63) is 87.8 Å². The Hall–Kier alpha value is -3.64. The maximum absolute atomic E-state index is 13.6. The number of amides is 1. The van der Waals surface area contributed by atoms with Crippen LogP contribution in [0.2, 0.25) is 0 Å². The molecule has 0 bridgehead atoms. The Morgan fingerprint density at radius 3 is 2.42 bits per heavy atom. The number of hydrogen-bond acceptors (Lipinski definition) is 6. The van der Waals surface area contributed by atoms with Gasteiger partial charge in [-0.15, -0.1) is 0 Å². The van der Waals surface area contributed by atoms with Gasteiger partial charge in [-0.3, -0.25) is 14.6 Å². The van der Waals surface area contributed by atoms with E-state index >= 15 is 0 Å². The van der Waals surface area contributed by atoms with E-state index in [1.165, 1.54) is 21.8 Å². The van der Waals surface area contributed by atoms with Crippen LogP contribution in [0.4, 0.5) is 19.3 Å². The molecule has 0 saturated carbocycles. The predicted molar refractivity (Wildman–Crippen MR) is 129 cm³/mol. The molecule has 3 aromatic rings. The number of aromatic nitrogens is 2. The van der Waals surface area contributed by atoms with Gasteiger partial charge in [0.1, 0.15) is 17.3 Å². The fraction of sp³-hybridized carbons (Fsp3) is 0.292. The Morgan fingerprint density at radius 1 is 1.06 bits per heavy atom. The molecule has 190 valence electrons. The maximum Gasteiger partial charge on any atom is 0.411 e. The summed E-state index contributed by atoms with van der Waals surface area (Å²) in [4.78, 5) is 27.4. The molecule has 0 unspecified atom stereocenters. The molecule has 9 nitrogen and oxygen atoms in total.